The zero-order valence-corrected chi connectivity index (χ0v) is 15.5. The molecule has 1 heterocycles. The summed E-state index contributed by atoms with van der Waals surface area (Å²) >= 11 is 0. The molecule has 1 N–H and O–H groups in total. The molecule has 7 heteroatoms. The molecule has 0 bridgehead atoms. The lowest BCUT2D eigenvalue weighted by atomic mass is 10.1. The Balaban J connectivity index is 2.82. The summed E-state index contributed by atoms with van der Waals surface area (Å²) in [7, 11) is 0. The first-order chi connectivity index (χ1) is 11.7. The van der Waals surface area contributed by atoms with Crippen LogP contribution >= 0.6 is 0 Å². The molecule has 25 heavy (non-hydrogen) atoms. The molecule has 0 aliphatic rings. The monoisotopic (exact) mass is 350 g/mol. The van der Waals surface area contributed by atoms with E-state index < -0.39 is 11.9 Å². The van der Waals surface area contributed by atoms with Crippen molar-refractivity contribution in [2.45, 2.75) is 34.6 Å². The second-order valence-corrected chi connectivity index (χ2v) is 5.79. The van der Waals surface area contributed by atoms with Crippen molar-refractivity contribution in [1.82, 2.24) is 9.88 Å². The number of amides is 1. The molecule has 1 aromatic rings. The fourth-order valence-corrected chi connectivity index (χ4v) is 2.46. The molecule has 138 valence electrons. The molecule has 1 amide bonds. The minimum Gasteiger partial charge on any atom is -0.462 e. The van der Waals surface area contributed by atoms with Crippen LogP contribution in [0, 0.1) is 13.8 Å². The maximum atomic E-state index is 12.3. The van der Waals surface area contributed by atoms with Crippen molar-refractivity contribution in [3.63, 3.8) is 0 Å². The van der Waals surface area contributed by atoms with Crippen molar-refractivity contribution in [2.24, 2.45) is 0 Å². The van der Waals surface area contributed by atoms with Crippen molar-refractivity contribution in [2.75, 3.05) is 26.3 Å². The number of carbonyl (C=O) groups excluding carboxylic acids is 3. The first-order valence-electron chi connectivity index (χ1n) is 8.18. The minimum absolute atomic E-state index is 0.149. The van der Waals surface area contributed by atoms with Crippen LogP contribution in [-0.4, -0.2) is 54.0 Å². The number of aromatic nitrogens is 1. The molecular formula is C18H26N2O5. The van der Waals surface area contributed by atoms with Gasteiger partial charge in [0, 0.05) is 18.8 Å². The highest BCUT2D eigenvalue weighted by Gasteiger charge is 2.24. The van der Waals surface area contributed by atoms with Gasteiger partial charge in [-0.2, -0.15) is 0 Å². The Morgan fingerprint density at radius 2 is 1.76 bits per heavy atom. The van der Waals surface area contributed by atoms with Crippen molar-refractivity contribution >= 4 is 17.8 Å². The largest absolute Gasteiger partial charge is 0.462 e. The fraction of sp³-hybridized carbons (Fsp3) is 0.500. The second kappa shape index (κ2) is 9.05. The SMILES string of the molecule is C=C(C)CN(CC)C(=O)COC(=O)c1[nH]c(C)c(C(=O)OCC)c1C. The second-order valence-electron chi connectivity index (χ2n) is 5.79. The molecule has 0 aliphatic heterocycles. The zero-order valence-electron chi connectivity index (χ0n) is 15.5. The van der Waals surface area contributed by atoms with Gasteiger partial charge in [-0.05, 0) is 40.2 Å². The maximum Gasteiger partial charge on any atom is 0.355 e. The summed E-state index contributed by atoms with van der Waals surface area (Å²) in [6.07, 6.45) is 0. The van der Waals surface area contributed by atoms with E-state index in [-0.39, 0.29) is 24.8 Å². The van der Waals surface area contributed by atoms with Crippen molar-refractivity contribution in [3.05, 3.63) is 34.7 Å². The van der Waals surface area contributed by atoms with Gasteiger partial charge in [0.25, 0.3) is 5.91 Å². The van der Waals surface area contributed by atoms with E-state index in [1.54, 1.807) is 25.7 Å². The van der Waals surface area contributed by atoms with Crippen LogP contribution in [0.15, 0.2) is 12.2 Å². The number of likely N-dealkylation sites (N-methyl/N-ethyl adjacent to an activating group) is 1. The normalized spacial score (nSPS) is 10.3. The number of esters is 2. The van der Waals surface area contributed by atoms with Gasteiger partial charge in [0.15, 0.2) is 6.61 Å². The Kier molecular flexibility index (Phi) is 7.42. The van der Waals surface area contributed by atoms with Crippen LogP contribution in [0.4, 0.5) is 0 Å². The van der Waals surface area contributed by atoms with Gasteiger partial charge in [0.05, 0.1) is 12.2 Å². The topological polar surface area (TPSA) is 88.7 Å². The molecule has 0 atom stereocenters. The number of aromatic amines is 1. The molecular weight excluding hydrogens is 324 g/mol. The molecule has 0 fully saturated rings. The van der Waals surface area contributed by atoms with E-state index in [9.17, 15) is 14.4 Å². The highest BCUT2D eigenvalue weighted by molar-refractivity contribution is 5.99. The van der Waals surface area contributed by atoms with E-state index in [4.69, 9.17) is 9.47 Å². The van der Waals surface area contributed by atoms with Crippen LogP contribution in [0.3, 0.4) is 0 Å². The van der Waals surface area contributed by atoms with Crippen molar-refractivity contribution < 1.29 is 23.9 Å². The van der Waals surface area contributed by atoms with Gasteiger partial charge in [-0.15, -0.1) is 0 Å². The summed E-state index contributed by atoms with van der Waals surface area (Å²) in [5, 5.41) is 0. The van der Waals surface area contributed by atoms with Crippen molar-refractivity contribution in [3.8, 4) is 0 Å². The smallest absolute Gasteiger partial charge is 0.355 e. The van der Waals surface area contributed by atoms with Gasteiger partial charge in [0.2, 0.25) is 0 Å². The highest BCUT2D eigenvalue weighted by Crippen LogP contribution is 2.19. The number of nitrogens with zero attached hydrogens (tertiary/aromatic N) is 1. The first-order valence-corrected chi connectivity index (χ1v) is 8.18. The van der Waals surface area contributed by atoms with Gasteiger partial charge >= 0.3 is 11.9 Å². The van der Waals surface area contributed by atoms with Crippen LogP contribution in [0.5, 0.6) is 0 Å². The lowest BCUT2D eigenvalue weighted by Crippen LogP contribution is -2.35. The molecule has 0 spiro atoms. The summed E-state index contributed by atoms with van der Waals surface area (Å²) < 4.78 is 10.1. The molecule has 1 aromatic heterocycles. The van der Waals surface area contributed by atoms with Gasteiger partial charge in [-0.3, -0.25) is 4.79 Å². The standard InChI is InChI=1S/C18H26N2O5/c1-7-20(9-11(3)4)14(21)10-25-18(23)16-12(5)15(13(6)19-16)17(22)24-8-2/h19H,3,7-10H2,1-2,4-6H3. The number of aryl methyl sites for hydroxylation is 1. The van der Waals surface area contributed by atoms with E-state index in [0.717, 1.165) is 5.57 Å². The lowest BCUT2D eigenvalue weighted by Gasteiger charge is -2.20. The third-order valence-electron chi connectivity index (χ3n) is 3.64. The van der Waals surface area contributed by atoms with Crippen LogP contribution in [-0.2, 0) is 14.3 Å². The Bertz CT molecular complexity index is 675. The molecule has 1 rings (SSSR count). The number of ether oxygens (including phenoxy) is 2. The Morgan fingerprint density at radius 3 is 2.28 bits per heavy atom. The highest BCUT2D eigenvalue weighted by atomic mass is 16.5. The first kappa shape index (κ1) is 20.5. The molecule has 0 aromatic carbocycles. The van der Waals surface area contributed by atoms with Crippen LogP contribution < -0.4 is 0 Å². The predicted molar refractivity (Wildman–Crippen MR) is 93.6 cm³/mol. The van der Waals surface area contributed by atoms with Crippen molar-refractivity contribution in [1.29, 1.82) is 0 Å². The molecule has 0 saturated carbocycles. The molecule has 0 unspecified atom stereocenters. The zero-order chi connectivity index (χ0) is 19.1. The Hall–Kier alpha value is -2.57. The third kappa shape index (κ3) is 5.20. The number of carbonyl (C=O) groups is 3. The van der Waals surface area contributed by atoms with E-state index in [2.05, 4.69) is 11.6 Å². The number of nitrogens with one attached hydrogen (secondary N) is 1. The van der Waals surface area contributed by atoms with Gasteiger partial charge in [-0.25, -0.2) is 9.59 Å². The van der Waals surface area contributed by atoms with E-state index in [1.807, 2.05) is 13.8 Å². The predicted octanol–water partition coefficient (Wildman–Crippen LogP) is 2.39. The maximum absolute atomic E-state index is 12.3. The van der Waals surface area contributed by atoms with Gasteiger partial charge < -0.3 is 19.4 Å². The Morgan fingerprint density at radius 1 is 1.12 bits per heavy atom. The Labute approximate surface area is 148 Å². The quantitative estimate of drug-likeness (QED) is 0.574. The molecule has 7 nitrogen and oxygen atoms in total. The van der Waals surface area contributed by atoms with E-state index in [0.29, 0.717) is 29.9 Å². The van der Waals surface area contributed by atoms with Gasteiger partial charge in [-0.1, -0.05) is 12.2 Å². The number of rotatable bonds is 8. The van der Waals surface area contributed by atoms with E-state index >= 15 is 0 Å². The number of hydrogen-bond donors (Lipinski definition) is 1. The van der Waals surface area contributed by atoms with Crippen LogP contribution in [0.2, 0.25) is 0 Å². The van der Waals surface area contributed by atoms with E-state index in [1.165, 1.54) is 0 Å². The summed E-state index contributed by atoms with van der Waals surface area (Å²) in [6.45, 7) is 13.2. The fourth-order valence-electron chi connectivity index (χ4n) is 2.46. The lowest BCUT2D eigenvalue weighted by molar-refractivity contribution is -0.133. The average molecular weight is 350 g/mol. The van der Waals surface area contributed by atoms with Crippen LogP contribution in [0.1, 0.15) is 52.9 Å². The van der Waals surface area contributed by atoms with Crippen LogP contribution in [0.25, 0.3) is 0 Å². The van der Waals surface area contributed by atoms with Gasteiger partial charge in [0.1, 0.15) is 5.69 Å². The average Bonchev–Trinajstić information content (AvgIpc) is 2.84. The number of hydrogen-bond acceptors (Lipinski definition) is 5. The molecule has 0 saturated heterocycles. The molecule has 0 aliphatic carbocycles. The summed E-state index contributed by atoms with van der Waals surface area (Å²) in [5.74, 6) is -1.48. The number of H-pyrrole nitrogens is 1. The summed E-state index contributed by atoms with van der Waals surface area (Å²) in [6, 6.07) is 0. The summed E-state index contributed by atoms with van der Waals surface area (Å²) in [4.78, 5) is 40.7. The minimum atomic E-state index is -0.684. The third-order valence-corrected chi connectivity index (χ3v) is 3.64. The molecule has 0 radical (unpaired) electrons. The summed E-state index contributed by atoms with van der Waals surface area (Å²) in [5.41, 5.74) is 2.28.